The fourth-order valence-electron chi connectivity index (χ4n) is 3.43. The third-order valence-electron chi connectivity index (χ3n) is 4.98. The Morgan fingerprint density at radius 1 is 0.723 bits per heavy atom. The molecule has 2 atom stereocenters. The number of amides is 2. The molecule has 0 heterocycles. The van der Waals surface area contributed by atoms with E-state index in [1.807, 2.05) is 0 Å². The number of nitrogens with one attached hydrogen (secondary N) is 2. The molecule has 0 fully saturated rings. The molecule has 11 nitrogen and oxygen atoms in total. The minimum atomic E-state index is -4.88. The van der Waals surface area contributed by atoms with Gasteiger partial charge in [0.15, 0.2) is 6.04 Å². The summed E-state index contributed by atoms with van der Waals surface area (Å²) in [6.45, 7) is 11.0. The molecular formula is C30H38F6N2O9. The number of hydrogen-bond donors (Lipinski definition) is 3. The molecule has 47 heavy (non-hydrogen) atoms. The zero-order valence-corrected chi connectivity index (χ0v) is 26.7. The highest BCUT2D eigenvalue weighted by Crippen LogP contribution is 2.27. The fraction of sp³-hybridized carbons (Fsp3) is 0.500. The summed E-state index contributed by atoms with van der Waals surface area (Å²) < 4.78 is 96.2. The third-order valence-corrected chi connectivity index (χ3v) is 4.98. The van der Waals surface area contributed by atoms with Crippen molar-refractivity contribution in [3.63, 3.8) is 0 Å². The van der Waals surface area contributed by atoms with Gasteiger partial charge in [-0.15, -0.1) is 26.3 Å². The van der Waals surface area contributed by atoms with Gasteiger partial charge in [-0.2, -0.15) is 0 Å². The number of hydrogen-bond acceptors (Lipinski definition) is 9. The maximum absolute atomic E-state index is 12.3. The van der Waals surface area contributed by atoms with Gasteiger partial charge in [-0.25, -0.2) is 14.4 Å². The molecule has 0 aliphatic carbocycles. The Morgan fingerprint density at radius 2 is 1.15 bits per heavy atom. The lowest BCUT2D eigenvalue weighted by molar-refractivity contribution is -0.275. The Kier molecular flexibility index (Phi) is 14.6. The summed E-state index contributed by atoms with van der Waals surface area (Å²) >= 11 is 0. The van der Waals surface area contributed by atoms with Crippen molar-refractivity contribution >= 4 is 18.2 Å². The second kappa shape index (κ2) is 16.9. The smallest absolute Gasteiger partial charge is 0.464 e. The van der Waals surface area contributed by atoms with Gasteiger partial charge < -0.3 is 39.4 Å². The second-order valence-corrected chi connectivity index (χ2v) is 11.5. The van der Waals surface area contributed by atoms with E-state index in [4.69, 9.17) is 14.2 Å². The monoisotopic (exact) mass is 684 g/mol. The van der Waals surface area contributed by atoms with Crippen molar-refractivity contribution in [2.75, 3.05) is 13.2 Å². The summed E-state index contributed by atoms with van der Waals surface area (Å²) in [6.07, 6.45) is -11.4. The number of benzene rings is 2. The third kappa shape index (κ3) is 17.8. The first-order chi connectivity index (χ1) is 21.4. The predicted octanol–water partition coefficient (Wildman–Crippen LogP) is 6.86. The van der Waals surface area contributed by atoms with Crippen LogP contribution in [0.2, 0.25) is 0 Å². The highest BCUT2D eigenvalue weighted by atomic mass is 19.4. The zero-order chi connectivity index (χ0) is 36.2. The normalized spacial score (nSPS) is 13.1. The number of aliphatic hydroxyl groups is 1. The number of carbonyl (C=O) groups excluding carboxylic acids is 3. The maximum atomic E-state index is 12.3. The SMILES string of the molecule is CC(C)(C)OC(=O)N[C@@H](CO)c1cccc(OC(F)(F)F)c1.CCOC(=O)[C@H](NC(=O)OC(C)(C)C)c1cccc(OC(F)(F)F)c1. The molecule has 0 unspecified atom stereocenters. The maximum Gasteiger partial charge on any atom is 0.573 e. The van der Waals surface area contributed by atoms with Crippen LogP contribution in [0.15, 0.2) is 48.5 Å². The summed E-state index contributed by atoms with van der Waals surface area (Å²) in [5.74, 6) is -1.79. The van der Waals surface area contributed by atoms with Crippen LogP contribution in [0.1, 0.15) is 71.7 Å². The predicted molar refractivity (Wildman–Crippen MR) is 154 cm³/mol. The van der Waals surface area contributed by atoms with Gasteiger partial charge in [0, 0.05) is 0 Å². The molecule has 2 amide bonds. The Bertz CT molecular complexity index is 1320. The summed E-state index contributed by atoms with van der Waals surface area (Å²) in [4.78, 5) is 35.7. The van der Waals surface area contributed by atoms with Gasteiger partial charge >= 0.3 is 30.9 Å². The number of rotatable bonds is 9. The Labute approximate surface area is 267 Å². The van der Waals surface area contributed by atoms with Crippen LogP contribution in [-0.2, 0) is 19.0 Å². The van der Waals surface area contributed by atoms with Gasteiger partial charge in [0.25, 0.3) is 0 Å². The molecule has 0 spiro atoms. The summed E-state index contributed by atoms with van der Waals surface area (Å²) in [5.41, 5.74) is -1.23. The molecule has 264 valence electrons. The molecule has 17 heteroatoms. The number of ether oxygens (including phenoxy) is 5. The van der Waals surface area contributed by atoms with Crippen LogP contribution in [0.25, 0.3) is 0 Å². The average Bonchev–Trinajstić information content (AvgIpc) is 2.87. The molecule has 3 N–H and O–H groups in total. The first-order valence-electron chi connectivity index (χ1n) is 13.9. The molecule has 0 saturated heterocycles. The topological polar surface area (TPSA) is 142 Å². The van der Waals surface area contributed by atoms with Crippen LogP contribution in [0, 0.1) is 0 Å². The van der Waals surface area contributed by atoms with Crippen molar-refractivity contribution in [3.05, 3.63) is 59.7 Å². The molecule has 0 bridgehead atoms. The van der Waals surface area contributed by atoms with Crippen LogP contribution < -0.4 is 20.1 Å². The van der Waals surface area contributed by atoms with Gasteiger partial charge in [-0.05, 0) is 83.9 Å². The Balaban J connectivity index is 0.000000474. The van der Waals surface area contributed by atoms with E-state index in [2.05, 4.69) is 20.1 Å². The fourth-order valence-corrected chi connectivity index (χ4v) is 3.43. The van der Waals surface area contributed by atoms with Crippen LogP contribution >= 0.6 is 0 Å². The van der Waals surface area contributed by atoms with Crippen LogP contribution in [0.3, 0.4) is 0 Å². The van der Waals surface area contributed by atoms with Crippen molar-refractivity contribution in [2.45, 2.75) is 84.5 Å². The summed E-state index contributed by atoms with van der Waals surface area (Å²) in [6, 6.07) is 7.45. The van der Waals surface area contributed by atoms with Gasteiger partial charge in [-0.1, -0.05) is 24.3 Å². The molecule has 2 aromatic rings. The first kappa shape index (κ1) is 40.6. The lowest BCUT2D eigenvalue weighted by Gasteiger charge is -2.23. The quantitative estimate of drug-likeness (QED) is 0.147. The van der Waals surface area contributed by atoms with Crippen molar-refractivity contribution in [1.29, 1.82) is 0 Å². The lowest BCUT2D eigenvalue weighted by atomic mass is 10.1. The lowest BCUT2D eigenvalue weighted by Crippen LogP contribution is -2.38. The van der Waals surface area contributed by atoms with Crippen molar-refractivity contribution in [1.82, 2.24) is 10.6 Å². The first-order valence-corrected chi connectivity index (χ1v) is 13.9. The zero-order valence-electron chi connectivity index (χ0n) is 26.7. The molecule has 0 aromatic heterocycles. The van der Waals surface area contributed by atoms with Gasteiger partial charge in [-0.3, -0.25) is 0 Å². The number of alkyl halides is 6. The average molecular weight is 685 g/mol. The number of alkyl carbamates (subject to hydrolysis) is 2. The van der Waals surface area contributed by atoms with E-state index >= 15 is 0 Å². The van der Waals surface area contributed by atoms with E-state index in [0.717, 1.165) is 24.3 Å². The molecule has 0 radical (unpaired) electrons. The Hall–Kier alpha value is -4.41. The molecule has 0 aliphatic heterocycles. The van der Waals surface area contributed by atoms with Gasteiger partial charge in [0.05, 0.1) is 19.3 Å². The van der Waals surface area contributed by atoms with E-state index < -0.39 is 72.3 Å². The Morgan fingerprint density at radius 3 is 1.55 bits per heavy atom. The highest BCUT2D eigenvalue weighted by Gasteiger charge is 2.33. The molecule has 2 rings (SSSR count). The number of halogens is 6. The van der Waals surface area contributed by atoms with E-state index in [1.165, 1.54) is 24.3 Å². The number of esters is 1. The van der Waals surface area contributed by atoms with E-state index in [1.54, 1.807) is 48.5 Å². The van der Waals surface area contributed by atoms with Crippen LogP contribution in [0.4, 0.5) is 35.9 Å². The minimum absolute atomic E-state index is 0.0318. The van der Waals surface area contributed by atoms with Gasteiger partial charge in [0.1, 0.15) is 22.7 Å². The van der Waals surface area contributed by atoms with E-state index in [9.17, 15) is 45.8 Å². The van der Waals surface area contributed by atoms with Crippen LogP contribution in [-0.4, -0.2) is 60.4 Å². The molecular weight excluding hydrogens is 646 g/mol. The van der Waals surface area contributed by atoms with Crippen molar-refractivity contribution in [2.24, 2.45) is 0 Å². The van der Waals surface area contributed by atoms with Crippen LogP contribution in [0.5, 0.6) is 11.5 Å². The van der Waals surface area contributed by atoms with Gasteiger partial charge in [0.2, 0.25) is 0 Å². The number of carbonyl (C=O) groups is 3. The van der Waals surface area contributed by atoms with E-state index in [-0.39, 0.29) is 17.7 Å². The summed E-state index contributed by atoms with van der Waals surface area (Å²) in [5, 5.41) is 14.0. The van der Waals surface area contributed by atoms with E-state index in [0.29, 0.717) is 0 Å². The van der Waals surface area contributed by atoms with Crippen molar-refractivity contribution < 1.29 is 69.5 Å². The molecule has 0 saturated carbocycles. The second-order valence-electron chi connectivity index (χ2n) is 11.5. The van der Waals surface area contributed by atoms with Crippen molar-refractivity contribution in [3.8, 4) is 11.5 Å². The standard InChI is InChI=1S/C16H20F3NO5.C14H18F3NO4/c1-5-23-13(21)12(20-14(22)25-15(2,3)4)10-7-6-8-11(9-10)24-16(17,18)19;1-13(2,3)22-12(20)18-11(8-19)9-5-4-6-10(7-9)21-14(15,16)17/h6-9,12H,5H2,1-4H3,(H,20,22);4-7,11,19H,8H2,1-3H3,(H,18,20)/t12-;11-/m10/s1. The molecule has 2 aromatic carbocycles. The summed E-state index contributed by atoms with van der Waals surface area (Å²) in [7, 11) is 0. The largest absolute Gasteiger partial charge is 0.573 e. The highest BCUT2D eigenvalue weighted by molar-refractivity contribution is 5.83. The number of aliphatic hydroxyl groups excluding tert-OH is 1. The minimum Gasteiger partial charge on any atom is -0.464 e. The molecule has 0 aliphatic rings.